The summed E-state index contributed by atoms with van der Waals surface area (Å²) in [5.74, 6) is 2.25. The number of benzene rings is 2. The molecule has 1 amide bonds. The van der Waals surface area contributed by atoms with Gasteiger partial charge < -0.3 is 15.0 Å². The lowest BCUT2D eigenvalue weighted by atomic mass is 9.95. The first-order valence-electron chi connectivity index (χ1n) is 10.7. The Morgan fingerprint density at radius 3 is 2.52 bits per heavy atom. The molecule has 1 fully saturated rings. The normalized spacial score (nSPS) is 14.4. The zero-order valence-electron chi connectivity index (χ0n) is 18.3. The molecule has 1 saturated heterocycles. The largest absolute Gasteiger partial charge is 0.439 e. The van der Waals surface area contributed by atoms with Crippen molar-refractivity contribution in [2.75, 3.05) is 23.3 Å². The lowest BCUT2D eigenvalue weighted by Crippen LogP contribution is -2.38. The van der Waals surface area contributed by atoms with Crippen LogP contribution < -0.4 is 15.0 Å². The number of nitrogens with one attached hydrogen (secondary N) is 1. The molecule has 2 heterocycles. The summed E-state index contributed by atoms with van der Waals surface area (Å²) in [6.45, 7) is 7.68. The highest BCUT2D eigenvalue weighted by Crippen LogP contribution is 2.29. The van der Waals surface area contributed by atoms with Crippen LogP contribution in [0.2, 0.25) is 0 Å². The molecule has 0 atom stereocenters. The fourth-order valence-corrected chi connectivity index (χ4v) is 3.76. The van der Waals surface area contributed by atoms with E-state index in [0.717, 1.165) is 48.7 Å². The predicted molar refractivity (Wildman–Crippen MR) is 123 cm³/mol. The summed E-state index contributed by atoms with van der Waals surface area (Å²) in [4.78, 5) is 23.5. The van der Waals surface area contributed by atoms with Crippen LogP contribution >= 0.6 is 0 Å². The van der Waals surface area contributed by atoms with Gasteiger partial charge in [0.25, 0.3) is 0 Å². The minimum Gasteiger partial charge on any atom is -0.439 e. The first kappa shape index (κ1) is 20.8. The summed E-state index contributed by atoms with van der Waals surface area (Å²) < 4.78 is 6.01. The van der Waals surface area contributed by atoms with Crippen LogP contribution in [0.3, 0.4) is 0 Å². The third-order valence-corrected chi connectivity index (χ3v) is 5.91. The molecule has 6 nitrogen and oxygen atoms in total. The second-order valence-electron chi connectivity index (χ2n) is 8.13. The fourth-order valence-electron chi connectivity index (χ4n) is 3.76. The van der Waals surface area contributed by atoms with Crippen LogP contribution in [0.25, 0.3) is 0 Å². The van der Waals surface area contributed by atoms with Crippen molar-refractivity contribution in [2.45, 2.75) is 33.6 Å². The summed E-state index contributed by atoms with van der Waals surface area (Å²) in [5, 5.41) is 3.04. The number of hydrogen-bond acceptors (Lipinski definition) is 5. The number of ether oxygens (including phenoxy) is 1. The third kappa shape index (κ3) is 5.02. The van der Waals surface area contributed by atoms with E-state index in [0.29, 0.717) is 5.88 Å². The summed E-state index contributed by atoms with van der Waals surface area (Å²) >= 11 is 0. The van der Waals surface area contributed by atoms with Crippen LogP contribution in [-0.2, 0) is 4.79 Å². The van der Waals surface area contributed by atoms with Gasteiger partial charge in [0.2, 0.25) is 11.8 Å². The molecular weight excluding hydrogens is 388 g/mol. The van der Waals surface area contributed by atoms with Crippen LogP contribution in [0.4, 0.5) is 11.5 Å². The molecule has 1 aromatic heterocycles. The van der Waals surface area contributed by atoms with E-state index in [1.165, 1.54) is 17.5 Å². The molecule has 3 aromatic rings. The molecule has 1 N–H and O–H groups in total. The van der Waals surface area contributed by atoms with Crippen molar-refractivity contribution in [3.63, 3.8) is 0 Å². The van der Waals surface area contributed by atoms with E-state index < -0.39 is 0 Å². The lowest BCUT2D eigenvalue weighted by molar-refractivity contribution is -0.120. The van der Waals surface area contributed by atoms with Crippen LogP contribution in [0.15, 0.2) is 54.9 Å². The van der Waals surface area contributed by atoms with Gasteiger partial charge in [0, 0.05) is 30.8 Å². The Kier molecular flexibility index (Phi) is 6.16. The molecule has 2 aromatic carbocycles. The highest BCUT2D eigenvalue weighted by Gasteiger charge is 2.26. The van der Waals surface area contributed by atoms with Gasteiger partial charge in [-0.25, -0.2) is 9.97 Å². The van der Waals surface area contributed by atoms with Gasteiger partial charge >= 0.3 is 0 Å². The van der Waals surface area contributed by atoms with Crippen molar-refractivity contribution in [1.82, 2.24) is 9.97 Å². The molecule has 4 rings (SSSR count). The minimum absolute atomic E-state index is 0.00468. The number of carbonyl (C=O) groups is 1. The van der Waals surface area contributed by atoms with Gasteiger partial charge in [-0.1, -0.05) is 29.8 Å². The standard InChI is InChI=1S/C25H28N4O2/c1-17-7-9-21(10-8-17)28-25(30)20-11-13-29(14-12-20)23-15-24(27-16-26-23)31-22-6-4-5-18(2)19(22)3/h4-10,15-16,20H,11-14H2,1-3H3,(H,28,30). The predicted octanol–water partition coefficient (Wildman–Crippen LogP) is 5.05. The summed E-state index contributed by atoms with van der Waals surface area (Å²) in [6.07, 6.45) is 3.11. The van der Waals surface area contributed by atoms with Gasteiger partial charge in [-0.05, 0) is 62.9 Å². The molecule has 0 radical (unpaired) electrons. The number of anilines is 2. The second kappa shape index (κ2) is 9.16. The Balaban J connectivity index is 1.36. The monoisotopic (exact) mass is 416 g/mol. The smallest absolute Gasteiger partial charge is 0.227 e. The number of nitrogens with zero attached hydrogens (tertiary/aromatic N) is 3. The molecule has 0 aliphatic carbocycles. The Bertz CT molecular complexity index is 1060. The molecule has 1 aliphatic heterocycles. The summed E-state index contributed by atoms with van der Waals surface area (Å²) in [6, 6.07) is 15.8. The average Bonchev–Trinajstić information content (AvgIpc) is 2.79. The van der Waals surface area contributed by atoms with E-state index in [-0.39, 0.29) is 11.8 Å². The zero-order chi connectivity index (χ0) is 21.8. The molecule has 31 heavy (non-hydrogen) atoms. The fraction of sp³-hybridized carbons (Fsp3) is 0.320. The molecule has 160 valence electrons. The van der Waals surface area contributed by atoms with Crippen LogP contribution in [-0.4, -0.2) is 29.0 Å². The van der Waals surface area contributed by atoms with E-state index >= 15 is 0 Å². The van der Waals surface area contributed by atoms with Crippen molar-refractivity contribution in [3.05, 3.63) is 71.5 Å². The number of carbonyl (C=O) groups excluding carboxylic acids is 1. The maximum Gasteiger partial charge on any atom is 0.227 e. The molecule has 0 spiro atoms. The first-order valence-corrected chi connectivity index (χ1v) is 10.7. The van der Waals surface area contributed by atoms with E-state index in [1.807, 2.05) is 56.3 Å². The van der Waals surface area contributed by atoms with E-state index in [4.69, 9.17) is 4.74 Å². The van der Waals surface area contributed by atoms with Gasteiger partial charge in [0.15, 0.2) is 0 Å². The van der Waals surface area contributed by atoms with E-state index in [1.54, 1.807) is 0 Å². The Labute approximate surface area is 183 Å². The number of rotatable bonds is 5. The number of piperidine rings is 1. The number of aromatic nitrogens is 2. The number of aryl methyl sites for hydroxylation is 2. The van der Waals surface area contributed by atoms with Crippen molar-refractivity contribution in [2.24, 2.45) is 5.92 Å². The maximum absolute atomic E-state index is 12.6. The number of amides is 1. The zero-order valence-corrected chi connectivity index (χ0v) is 18.3. The molecule has 0 unspecified atom stereocenters. The highest BCUT2D eigenvalue weighted by molar-refractivity contribution is 5.92. The number of hydrogen-bond donors (Lipinski definition) is 1. The lowest BCUT2D eigenvalue weighted by Gasteiger charge is -2.32. The van der Waals surface area contributed by atoms with E-state index in [2.05, 4.69) is 33.2 Å². The SMILES string of the molecule is Cc1ccc(NC(=O)C2CCN(c3cc(Oc4cccc(C)c4C)ncn3)CC2)cc1. The van der Waals surface area contributed by atoms with Crippen molar-refractivity contribution < 1.29 is 9.53 Å². The molecule has 6 heteroatoms. The first-order chi connectivity index (χ1) is 15.0. The quantitative estimate of drug-likeness (QED) is 0.630. The molecule has 1 aliphatic rings. The average molecular weight is 417 g/mol. The molecular formula is C25H28N4O2. The Hall–Kier alpha value is -3.41. The van der Waals surface area contributed by atoms with Crippen LogP contribution in [0.5, 0.6) is 11.6 Å². The summed E-state index contributed by atoms with van der Waals surface area (Å²) in [5.41, 5.74) is 4.31. The van der Waals surface area contributed by atoms with Crippen molar-refractivity contribution in [3.8, 4) is 11.6 Å². The minimum atomic E-state index is 0.00468. The van der Waals surface area contributed by atoms with Crippen molar-refractivity contribution >= 4 is 17.4 Å². The van der Waals surface area contributed by atoms with Crippen LogP contribution in [0.1, 0.15) is 29.5 Å². The molecule has 0 saturated carbocycles. The second-order valence-corrected chi connectivity index (χ2v) is 8.13. The van der Waals surface area contributed by atoms with E-state index in [9.17, 15) is 4.79 Å². The topological polar surface area (TPSA) is 67.4 Å². The highest BCUT2D eigenvalue weighted by atomic mass is 16.5. The van der Waals surface area contributed by atoms with Gasteiger partial charge in [-0.3, -0.25) is 4.79 Å². The van der Waals surface area contributed by atoms with Gasteiger partial charge in [0.05, 0.1) is 0 Å². The summed E-state index contributed by atoms with van der Waals surface area (Å²) in [7, 11) is 0. The Morgan fingerprint density at radius 2 is 1.77 bits per heavy atom. The maximum atomic E-state index is 12.6. The van der Waals surface area contributed by atoms with Gasteiger partial charge in [0.1, 0.15) is 17.9 Å². The Morgan fingerprint density at radius 1 is 1.03 bits per heavy atom. The van der Waals surface area contributed by atoms with Gasteiger partial charge in [-0.15, -0.1) is 0 Å². The molecule has 0 bridgehead atoms. The van der Waals surface area contributed by atoms with Crippen LogP contribution in [0, 0.1) is 26.7 Å². The van der Waals surface area contributed by atoms with Crippen molar-refractivity contribution in [1.29, 1.82) is 0 Å². The van der Waals surface area contributed by atoms with Gasteiger partial charge in [-0.2, -0.15) is 0 Å². The third-order valence-electron chi connectivity index (χ3n) is 5.91.